The number of piperidine rings is 3. The van der Waals surface area contributed by atoms with E-state index in [2.05, 4.69) is 24.3 Å². The predicted molar refractivity (Wildman–Crippen MR) is 122 cm³/mol. The first-order valence-electron chi connectivity index (χ1n) is 11.4. The van der Waals surface area contributed by atoms with Gasteiger partial charge in [0.15, 0.2) is 0 Å². The molecular formula is C28H31BrFNO. The summed E-state index contributed by atoms with van der Waals surface area (Å²) in [5.41, 5.74) is 2.31. The summed E-state index contributed by atoms with van der Waals surface area (Å²) in [6.45, 7) is 5.54. The SMILES string of the molecule is Cc1cccc(C[N+]23CCC(C(O)(c4ccccc4)c4ccccc4)(CC2)CC3)c1F.[Br-]. The number of aliphatic hydroxyl groups is 1. The smallest absolute Gasteiger partial charge is 0.134 e. The van der Waals surface area contributed by atoms with E-state index in [1.165, 1.54) is 0 Å². The van der Waals surface area contributed by atoms with Crippen molar-refractivity contribution in [1.29, 1.82) is 0 Å². The number of quaternary nitrogens is 1. The molecular weight excluding hydrogens is 465 g/mol. The molecule has 3 heterocycles. The van der Waals surface area contributed by atoms with Crippen molar-refractivity contribution in [3.63, 3.8) is 0 Å². The number of aryl methyl sites for hydroxylation is 1. The summed E-state index contributed by atoms with van der Waals surface area (Å²) in [5, 5.41) is 12.4. The summed E-state index contributed by atoms with van der Waals surface area (Å²) in [5.74, 6) is -0.0533. The molecule has 3 saturated heterocycles. The molecule has 0 radical (unpaired) electrons. The van der Waals surface area contributed by atoms with Crippen LogP contribution in [0.5, 0.6) is 0 Å². The van der Waals surface area contributed by atoms with Crippen LogP contribution in [-0.4, -0.2) is 29.2 Å². The van der Waals surface area contributed by atoms with E-state index in [-0.39, 0.29) is 28.2 Å². The highest BCUT2D eigenvalue weighted by molar-refractivity contribution is 5.39. The van der Waals surface area contributed by atoms with Gasteiger partial charge in [0.25, 0.3) is 0 Å². The molecule has 3 aromatic rings. The molecule has 3 aromatic carbocycles. The number of hydrogen-bond acceptors (Lipinski definition) is 1. The predicted octanol–water partition coefficient (Wildman–Crippen LogP) is 2.57. The zero-order chi connectivity index (χ0) is 21.5. The summed E-state index contributed by atoms with van der Waals surface area (Å²) in [6.07, 6.45) is 2.84. The van der Waals surface area contributed by atoms with Crippen LogP contribution in [0, 0.1) is 18.2 Å². The quantitative estimate of drug-likeness (QED) is 0.539. The highest BCUT2D eigenvalue weighted by Gasteiger charge is 2.60. The summed E-state index contributed by atoms with van der Waals surface area (Å²) >= 11 is 0. The van der Waals surface area contributed by atoms with Gasteiger partial charge in [-0.3, -0.25) is 0 Å². The largest absolute Gasteiger partial charge is 1.00 e. The maximum atomic E-state index is 14.7. The van der Waals surface area contributed by atoms with Gasteiger partial charge in [-0.25, -0.2) is 4.39 Å². The fraction of sp³-hybridized carbons (Fsp3) is 0.357. The Morgan fingerprint density at radius 1 is 0.812 bits per heavy atom. The first-order valence-corrected chi connectivity index (χ1v) is 11.4. The van der Waals surface area contributed by atoms with E-state index in [0.29, 0.717) is 0 Å². The number of benzene rings is 3. The Bertz CT molecular complexity index is 1010. The molecule has 6 rings (SSSR count). The first-order chi connectivity index (χ1) is 15.0. The lowest BCUT2D eigenvalue weighted by molar-refractivity contribution is -0.958. The highest BCUT2D eigenvalue weighted by Crippen LogP contribution is 2.57. The Morgan fingerprint density at radius 2 is 1.31 bits per heavy atom. The lowest BCUT2D eigenvalue weighted by Crippen LogP contribution is -3.00. The Hall–Kier alpha value is -2.01. The average molecular weight is 496 g/mol. The second-order valence-electron chi connectivity index (χ2n) is 9.69. The van der Waals surface area contributed by atoms with Crippen LogP contribution in [0.2, 0.25) is 0 Å². The van der Waals surface area contributed by atoms with Gasteiger partial charge >= 0.3 is 0 Å². The molecule has 2 bridgehead atoms. The van der Waals surface area contributed by atoms with Crippen molar-refractivity contribution in [2.45, 2.75) is 38.3 Å². The molecule has 3 aliphatic rings. The number of hydrogen-bond donors (Lipinski definition) is 1. The molecule has 3 aliphatic heterocycles. The molecule has 0 saturated carbocycles. The van der Waals surface area contributed by atoms with Crippen LogP contribution < -0.4 is 17.0 Å². The fourth-order valence-electron chi connectivity index (χ4n) is 6.17. The van der Waals surface area contributed by atoms with Gasteiger partial charge in [0.05, 0.1) is 19.6 Å². The number of fused-ring (bicyclic) bond motifs is 3. The number of nitrogens with zero attached hydrogens (tertiary/aromatic N) is 1. The normalized spacial score (nSPS) is 24.7. The monoisotopic (exact) mass is 495 g/mol. The molecule has 4 heteroatoms. The van der Waals surface area contributed by atoms with E-state index in [4.69, 9.17) is 0 Å². The molecule has 2 nitrogen and oxygen atoms in total. The summed E-state index contributed by atoms with van der Waals surface area (Å²) in [7, 11) is 0. The third kappa shape index (κ3) is 3.63. The van der Waals surface area contributed by atoms with Gasteiger partial charge in [0, 0.05) is 30.2 Å². The molecule has 0 aromatic heterocycles. The second kappa shape index (κ2) is 8.74. The molecule has 0 atom stereocenters. The molecule has 168 valence electrons. The Labute approximate surface area is 201 Å². The van der Waals surface area contributed by atoms with E-state index in [0.717, 1.165) is 72.2 Å². The number of rotatable bonds is 5. The van der Waals surface area contributed by atoms with Crippen molar-refractivity contribution in [3.8, 4) is 0 Å². The van der Waals surface area contributed by atoms with E-state index in [1.54, 1.807) is 0 Å². The Kier molecular flexibility index (Phi) is 6.32. The van der Waals surface area contributed by atoms with Gasteiger partial charge in [-0.2, -0.15) is 0 Å². The van der Waals surface area contributed by atoms with Crippen LogP contribution in [0.4, 0.5) is 4.39 Å². The van der Waals surface area contributed by atoms with Crippen LogP contribution in [0.1, 0.15) is 41.5 Å². The van der Waals surface area contributed by atoms with E-state index in [1.807, 2.05) is 61.5 Å². The van der Waals surface area contributed by atoms with Gasteiger partial charge in [-0.1, -0.05) is 78.9 Å². The maximum Gasteiger partial charge on any atom is 0.134 e. The topological polar surface area (TPSA) is 20.2 Å². The Morgan fingerprint density at radius 3 is 1.81 bits per heavy atom. The fourth-order valence-corrected chi connectivity index (χ4v) is 6.17. The molecule has 0 unspecified atom stereocenters. The zero-order valence-corrected chi connectivity index (χ0v) is 20.2. The van der Waals surface area contributed by atoms with Crippen molar-refractivity contribution >= 4 is 0 Å². The zero-order valence-electron chi connectivity index (χ0n) is 18.6. The third-order valence-corrected chi connectivity index (χ3v) is 8.12. The molecule has 0 spiro atoms. The molecule has 0 aliphatic carbocycles. The summed E-state index contributed by atoms with van der Waals surface area (Å²) in [6, 6.07) is 26.1. The van der Waals surface area contributed by atoms with Gasteiger partial charge in [-0.15, -0.1) is 0 Å². The van der Waals surface area contributed by atoms with Gasteiger partial charge in [0.1, 0.15) is 18.0 Å². The molecule has 3 fully saturated rings. The first kappa shape index (κ1) is 23.2. The van der Waals surface area contributed by atoms with Crippen LogP contribution in [0.3, 0.4) is 0 Å². The third-order valence-electron chi connectivity index (χ3n) is 8.12. The van der Waals surface area contributed by atoms with Gasteiger partial charge < -0.3 is 26.6 Å². The van der Waals surface area contributed by atoms with Crippen molar-refractivity contribution in [3.05, 3.63) is 107 Å². The van der Waals surface area contributed by atoms with Crippen LogP contribution in [0.25, 0.3) is 0 Å². The number of halogens is 2. The van der Waals surface area contributed by atoms with E-state index in [9.17, 15) is 9.50 Å². The van der Waals surface area contributed by atoms with E-state index < -0.39 is 5.60 Å². The summed E-state index contributed by atoms with van der Waals surface area (Å²) < 4.78 is 15.7. The summed E-state index contributed by atoms with van der Waals surface area (Å²) in [4.78, 5) is 0. The lowest BCUT2D eigenvalue weighted by Gasteiger charge is -2.60. The standard InChI is InChI=1S/C28H31FNO.BrH/c1-22-9-8-10-23(26(22)29)21-30-18-15-27(16-19-30,17-20-30)28(31,24-11-4-2-5-12-24)25-13-6-3-7-14-25;/h2-14,31H,15-21H2,1H3;1H/q+1;/p-1. The minimum atomic E-state index is -1.01. The minimum absolute atomic E-state index is 0. The van der Waals surface area contributed by atoms with Gasteiger partial charge in [0.2, 0.25) is 0 Å². The second-order valence-corrected chi connectivity index (χ2v) is 9.69. The van der Waals surface area contributed by atoms with Crippen molar-refractivity contribution < 1.29 is 31.0 Å². The van der Waals surface area contributed by atoms with Gasteiger partial charge in [-0.05, 0) is 23.6 Å². The van der Waals surface area contributed by atoms with Crippen LogP contribution in [0.15, 0.2) is 78.9 Å². The Balaban J connectivity index is 0.00000245. The molecule has 0 amide bonds. The average Bonchev–Trinajstić information content (AvgIpc) is 2.84. The highest BCUT2D eigenvalue weighted by atomic mass is 79.9. The lowest BCUT2D eigenvalue weighted by atomic mass is 9.56. The van der Waals surface area contributed by atoms with Crippen molar-refractivity contribution in [1.82, 2.24) is 0 Å². The molecule has 1 N–H and O–H groups in total. The van der Waals surface area contributed by atoms with E-state index >= 15 is 0 Å². The van der Waals surface area contributed by atoms with Crippen LogP contribution >= 0.6 is 0 Å². The van der Waals surface area contributed by atoms with Crippen LogP contribution in [-0.2, 0) is 12.1 Å². The minimum Gasteiger partial charge on any atom is -1.00 e. The maximum absolute atomic E-state index is 14.7. The van der Waals surface area contributed by atoms with Crippen molar-refractivity contribution in [2.24, 2.45) is 5.41 Å². The molecule has 32 heavy (non-hydrogen) atoms. The van der Waals surface area contributed by atoms with Crippen molar-refractivity contribution in [2.75, 3.05) is 19.6 Å².